The van der Waals surface area contributed by atoms with Gasteiger partial charge in [-0.15, -0.1) is 0 Å². The zero-order valence-corrected chi connectivity index (χ0v) is 18.2. The number of aliphatic hydroxyl groups is 1. The summed E-state index contributed by atoms with van der Waals surface area (Å²) in [4.78, 5) is 25.6. The van der Waals surface area contributed by atoms with E-state index in [1.54, 1.807) is 24.4 Å². The maximum absolute atomic E-state index is 14.3. The van der Waals surface area contributed by atoms with Crippen LogP contribution in [0.4, 0.5) is 13.2 Å². The second-order valence-corrected chi connectivity index (χ2v) is 9.17. The standard InChI is InChI=1S/C23H27F3N4O3/c1-13(32)21(23(24,25)26)9-8-18(15-4-7-19-16(10-15)11-28-29-19)22(30-21,20(27)33)17-5-2-14(12-31)3-6-17/h4,7-11,14,17-18,30-31H,2-3,5-6,12H2,1H3,(H2,27,33)(H,28,29). The molecule has 0 spiro atoms. The van der Waals surface area contributed by atoms with Crippen LogP contribution >= 0.6 is 0 Å². The number of nitrogens with two attached hydrogens (primary N) is 1. The van der Waals surface area contributed by atoms with E-state index in [1.165, 1.54) is 6.08 Å². The van der Waals surface area contributed by atoms with Gasteiger partial charge in [-0.1, -0.05) is 18.2 Å². The van der Waals surface area contributed by atoms with Crippen molar-refractivity contribution in [1.82, 2.24) is 15.5 Å². The van der Waals surface area contributed by atoms with Crippen molar-refractivity contribution >= 4 is 22.6 Å². The van der Waals surface area contributed by atoms with Crippen LogP contribution in [0.1, 0.15) is 44.1 Å². The molecule has 3 unspecified atom stereocenters. The number of benzene rings is 1. The summed E-state index contributed by atoms with van der Waals surface area (Å²) in [6.45, 7) is 0.835. The van der Waals surface area contributed by atoms with Crippen LogP contribution in [0.5, 0.6) is 0 Å². The van der Waals surface area contributed by atoms with Gasteiger partial charge in [0.25, 0.3) is 0 Å². The second-order valence-electron chi connectivity index (χ2n) is 9.17. The van der Waals surface area contributed by atoms with E-state index in [2.05, 4.69) is 15.5 Å². The Morgan fingerprint density at radius 1 is 1.24 bits per heavy atom. The molecule has 1 amide bonds. The van der Waals surface area contributed by atoms with Gasteiger partial charge in [0, 0.05) is 17.9 Å². The number of carbonyl (C=O) groups is 2. The number of fused-ring (bicyclic) bond motifs is 1. The van der Waals surface area contributed by atoms with Crippen molar-refractivity contribution in [2.45, 2.75) is 55.8 Å². The molecule has 2 heterocycles. The van der Waals surface area contributed by atoms with Crippen LogP contribution < -0.4 is 11.1 Å². The minimum Gasteiger partial charge on any atom is -0.396 e. The molecule has 1 aliphatic carbocycles. The van der Waals surface area contributed by atoms with Crippen molar-refractivity contribution in [1.29, 1.82) is 0 Å². The number of carbonyl (C=O) groups excluding carboxylic acids is 2. The van der Waals surface area contributed by atoms with E-state index in [4.69, 9.17) is 5.73 Å². The summed E-state index contributed by atoms with van der Waals surface area (Å²) in [6.07, 6.45) is 0.624. The number of alkyl halides is 3. The van der Waals surface area contributed by atoms with Crippen molar-refractivity contribution in [2.24, 2.45) is 17.6 Å². The third-order valence-corrected chi connectivity index (χ3v) is 7.42. The lowest BCUT2D eigenvalue weighted by atomic mass is 9.61. The van der Waals surface area contributed by atoms with E-state index < -0.39 is 40.8 Å². The third kappa shape index (κ3) is 3.65. The van der Waals surface area contributed by atoms with Gasteiger partial charge in [-0.25, -0.2) is 0 Å². The molecule has 7 nitrogen and oxygen atoms in total. The molecule has 1 aliphatic heterocycles. The molecule has 0 radical (unpaired) electrons. The van der Waals surface area contributed by atoms with Gasteiger partial charge >= 0.3 is 6.18 Å². The van der Waals surface area contributed by atoms with E-state index >= 15 is 0 Å². The highest BCUT2D eigenvalue weighted by Crippen LogP contribution is 2.49. The normalized spacial score (nSPS) is 32.7. The number of primary amides is 1. The number of hydrogen-bond acceptors (Lipinski definition) is 5. The molecule has 1 aromatic carbocycles. The molecule has 1 fully saturated rings. The Labute approximate surface area is 188 Å². The molecule has 4 rings (SSSR count). The summed E-state index contributed by atoms with van der Waals surface area (Å²) in [6, 6.07) is 5.24. The van der Waals surface area contributed by atoms with E-state index in [1.807, 2.05) is 0 Å². The first-order valence-corrected chi connectivity index (χ1v) is 11.0. The smallest absolute Gasteiger partial charge is 0.396 e. The lowest BCUT2D eigenvalue weighted by Gasteiger charge is -2.53. The number of rotatable bonds is 5. The average molecular weight is 464 g/mol. The summed E-state index contributed by atoms with van der Waals surface area (Å²) in [5, 5.41) is 19.5. The average Bonchev–Trinajstić information content (AvgIpc) is 3.25. The molecule has 0 saturated heterocycles. The fourth-order valence-electron chi connectivity index (χ4n) is 5.51. The number of aromatic nitrogens is 2. The lowest BCUT2D eigenvalue weighted by molar-refractivity contribution is -0.194. The first-order valence-electron chi connectivity index (χ1n) is 11.0. The Balaban J connectivity index is 1.91. The maximum Gasteiger partial charge on any atom is 0.417 e. The van der Waals surface area contributed by atoms with Crippen molar-refractivity contribution < 1.29 is 27.9 Å². The van der Waals surface area contributed by atoms with E-state index in [0.717, 1.165) is 23.9 Å². The number of amides is 1. The van der Waals surface area contributed by atoms with Crippen LogP contribution in [0.15, 0.2) is 36.5 Å². The number of aromatic amines is 1. The summed E-state index contributed by atoms with van der Waals surface area (Å²) >= 11 is 0. The fraction of sp³-hybridized carbons (Fsp3) is 0.522. The number of aliphatic hydroxyl groups excluding tert-OH is 1. The van der Waals surface area contributed by atoms with E-state index in [0.29, 0.717) is 31.2 Å². The zero-order valence-electron chi connectivity index (χ0n) is 18.2. The van der Waals surface area contributed by atoms with Crippen molar-refractivity contribution in [3.8, 4) is 0 Å². The van der Waals surface area contributed by atoms with Crippen LogP contribution in [-0.4, -0.2) is 50.9 Å². The molecule has 0 bridgehead atoms. The minimum atomic E-state index is -4.97. The summed E-state index contributed by atoms with van der Waals surface area (Å²) < 4.78 is 42.9. The molecule has 3 atom stereocenters. The predicted molar refractivity (Wildman–Crippen MR) is 115 cm³/mol. The van der Waals surface area contributed by atoms with Gasteiger partial charge in [-0.3, -0.25) is 20.0 Å². The number of nitrogens with one attached hydrogen (secondary N) is 2. The molecular formula is C23H27F3N4O3. The second kappa shape index (κ2) is 8.25. The topological polar surface area (TPSA) is 121 Å². The number of Topliss-reactive ketones (excluding diaryl/α,β-unsaturated/α-hetero) is 1. The molecule has 1 saturated carbocycles. The minimum absolute atomic E-state index is 0.0196. The zero-order chi connectivity index (χ0) is 24.0. The Bertz CT molecular complexity index is 1090. The lowest BCUT2D eigenvalue weighted by Crippen LogP contribution is -2.76. The number of ketones is 1. The van der Waals surface area contributed by atoms with Gasteiger partial charge in [0.05, 0.1) is 11.7 Å². The van der Waals surface area contributed by atoms with Crippen LogP contribution in [0, 0.1) is 11.8 Å². The third-order valence-electron chi connectivity index (χ3n) is 7.42. The predicted octanol–water partition coefficient (Wildman–Crippen LogP) is 2.72. The molecule has 1 aromatic heterocycles. The van der Waals surface area contributed by atoms with E-state index in [9.17, 15) is 27.9 Å². The molecule has 2 aliphatic rings. The SMILES string of the molecule is CC(=O)C1(C(F)(F)F)C=CC(c2ccc3[nH]ncc3c2)C(C(N)=O)(C2CCC(CO)CC2)N1. The number of hydrogen-bond donors (Lipinski definition) is 4. The van der Waals surface area contributed by atoms with Gasteiger partial charge < -0.3 is 10.8 Å². The molecule has 10 heteroatoms. The fourth-order valence-corrected chi connectivity index (χ4v) is 5.51. The van der Waals surface area contributed by atoms with Crippen LogP contribution in [0.25, 0.3) is 10.9 Å². The van der Waals surface area contributed by atoms with Gasteiger partial charge in [0.15, 0.2) is 11.3 Å². The highest BCUT2D eigenvalue weighted by atomic mass is 19.4. The number of halogens is 3. The summed E-state index contributed by atoms with van der Waals surface area (Å²) in [5.41, 5.74) is 2.36. The van der Waals surface area contributed by atoms with Gasteiger partial charge in [0.1, 0.15) is 5.54 Å². The van der Waals surface area contributed by atoms with Crippen molar-refractivity contribution in [2.75, 3.05) is 6.61 Å². The van der Waals surface area contributed by atoms with E-state index in [-0.39, 0.29) is 12.5 Å². The molecular weight excluding hydrogens is 437 g/mol. The van der Waals surface area contributed by atoms with Gasteiger partial charge in [-0.05, 0) is 62.1 Å². The Kier molecular flexibility index (Phi) is 5.86. The summed E-state index contributed by atoms with van der Waals surface area (Å²) in [5.74, 6) is -3.48. The Hall–Kier alpha value is -2.72. The monoisotopic (exact) mass is 464 g/mol. The number of nitrogens with zero attached hydrogens (tertiary/aromatic N) is 1. The largest absolute Gasteiger partial charge is 0.417 e. The van der Waals surface area contributed by atoms with Crippen molar-refractivity contribution in [3.05, 3.63) is 42.1 Å². The quantitative estimate of drug-likeness (QED) is 0.507. The maximum atomic E-state index is 14.3. The molecule has 178 valence electrons. The highest BCUT2D eigenvalue weighted by Gasteiger charge is 2.66. The van der Waals surface area contributed by atoms with Crippen LogP contribution in [0.2, 0.25) is 0 Å². The summed E-state index contributed by atoms with van der Waals surface area (Å²) in [7, 11) is 0. The van der Waals surface area contributed by atoms with Crippen molar-refractivity contribution in [3.63, 3.8) is 0 Å². The molecule has 33 heavy (non-hydrogen) atoms. The number of H-pyrrole nitrogens is 1. The Morgan fingerprint density at radius 3 is 2.52 bits per heavy atom. The first-order chi connectivity index (χ1) is 15.5. The van der Waals surface area contributed by atoms with Gasteiger partial charge in [0.2, 0.25) is 5.91 Å². The van der Waals surface area contributed by atoms with Crippen LogP contribution in [0.3, 0.4) is 0 Å². The van der Waals surface area contributed by atoms with Crippen LogP contribution in [-0.2, 0) is 9.59 Å². The highest BCUT2D eigenvalue weighted by molar-refractivity contribution is 5.94. The molecule has 5 N–H and O–H groups in total. The van der Waals surface area contributed by atoms with Gasteiger partial charge in [-0.2, -0.15) is 18.3 Å². The Morgan fingerprint density at radius 2 is 1.94 bits per heavy atom. The molecule has 2 aromatic rings. The first kappa shape index (κ1) is 23.4.